The number of aryl methyl sites for hydroxylation is 1. The molecule has 0 aliphatic heterocycles. The van der Waals surface area contributed by atoms with Crippen molar-refractivity contribution < 1.29 is 9.59 Å². The molecule has 130 valence electrons. The van der Waals surface area contributed by atoms with Crippen molar-refractivity contribution in [3.63, 3.8) is 0 Å². The van der Waals surface area contributed by atoms with Crippen LogP contribution in [0, 0.1) is 6.92 Å². The molecule has 0 aliphatic carbocycles. The molecule has 3 rings (SSSR count). The minimum absolute atomic E-state index is 0.0296. The summed E-state index contributed by atoms with van der Waals surface area (Å²) in [5, 5.41) is 7.95. The van der Waals surface area contributed by atoms with Crippen LogP contribution in [0.15, 0.2) is 36.7 Å². The first kappa shape index (κ1) is 16.8. The molecule has 0 fully saturated rings. The standard InChI is InChI=1S/C18H21N5O2/c1-12-15(10-19-22(12)4)18(25)20-14-5-6-16-13(9-14)7-8-23(16)11-17(24)21(2)3/h5-10H,11H2,1-4H3,(H,20,25). The Morgan fingerprint density at radius 3 is 2.64 bits per heavy atom. The van der Waals surface area contributed by atoms with Crippen molar-refractivity contribution in [1.29, 1.82) is 0 Å². The highest BCUT2D eigenvalue weighted by atomic mass is 16.2. The van der Waals surface area contributed by atoms with E-state index in [9.17, 15) is 9.59 Å². The minimum atomic E-state index is -0.188. The van der Waals surface area contributed by atoms with Gasteiger partial charge in [0.2, 0.25) is 5.91 Å². The van der Waals surface area contributed by atoms with Gasteiger partial charge in [0.25, 0.3) is 5.91 Å². The van der Waals surface area contributed by atoms with E-state index in [4.69, 9.17) is 0 Å². The summed E-state index contributed by atoms with van der Waals surface area (Å²) in [6, 6.07) is 7.57. The van der Waals surface area contributed by atoms with Crippen LogP contribution in [0.25, 0.3) is 10.9 Å². The Morgan fingerprint density at radius 1 is 1.24 bits per heavy atom. The first-order chi connectivity index (χ1) is 11.9. The van der Waals surface area contributed by atoms with E-state index in [0.717, 1.165) is 16.6 Å². The van der Waals surface area contributed by atoms with E-state index in [-0.39, 0.29) is 18.4 Å². The fourth-order valence-corrected chi connectivity index (χ4v) is 2.62. The van der Waals surface area contributed by atoms with E-state index >= 15 is 0 Å². The van der Waals surface area contributed by atoms with Gasteiger partial charge in [0.05, 0.1) is 11.8 Å². The Balaban J connectivity index is 1.81. The quantitative estimate of drug-likeness (QED) is 0.790. The third kappa shape index (κ3) is 3.26. The molecule has 1 aromatic carbocycles. The van der Waals surface area contributed by atoms with Gasteiger partial charge in [0.1, 0.15) is 6.54 Å². The number of fused-ring (bicyclic) bond motifs is 1. The maximum Gasteiger partial charge on any atom is 0.259 e. The molecule has 0 aliphatic rings. The van der Waals surface area contributed by atoms with Crippen LogP contribution in [0.3, 0.4) is 0 Å². The lowest BCUT2D eigenvalue weighted by Crippen LogP contribution is -2.25. The maximum absolute atomic E-state index is 12.4. The van der Waals surface area contributed by atoms with Gasteiger partial charge in [-0.25, -0.2) is 0 Å². The molecule has 0 atom stereocenters. The van der Waals surface area contributed by atoms with Crippen LogP contribution in [-0.4, -0.2) is 45.2 Å². The van der Waals surface area contributed by atoms with Crippen molar-refractivity contribution in [2.45, 2.75) is 13.5 Å². The van der Waals surface area contributed by atoms with Crippen molar-refractivity contribution >= 4 is 28.4 Å². The second-order valence-electron chi connectivity index (χ2n) is 6.23. The zero-order valence-electron chi connectivity index (χ0n) is 14.8. The highest BCUT2D eigenvalue weighted by molar-refractivity contribution is 6.05. The Bertz CT molecular complexity index is 952. The molecule has 0 radical (unpaired) electrons. The van der Waals surface area contributed by atoms with Crippen molar-refractivity contribution in [3.8, 4) is 0 Å². The van der Waals surface area contributed by atoms with Gasteiger partial charge in [-0.2, -0.15) is 5.10 Å². The van der Waals surface area contributed by atoms with Crippen LogP contribution in [0.2, 0.25) is 0 Å². The summed E-state index contributed by atoms with van der Waals surface area (Å²) in [6.45, 7) is 2.14. The van der Waals surface area contributed by atoms with Gasteiger partial charge in [0, 0.05) is 49.6 Å². The summed E-state index contributed by atoms with van der Waals surface area (Å²) in [5.41, 5.74) is 3.02. The maximum atomic E-state index is 12.4. The van der Waals surface area contributed by atoms with Crippen molar-refractivity contribution in [3.05, 3.63) is 47.9 Å². The minimum Gasteiger partial charge on any atom is -0.347 e. The number of likely N-dealkylation sites (N-methyl/N-ethyl adjacent to an activating group) is 1. The zero-order chi connectivity index (χ0) is 18.1. The first-order valence-electron chi connectivity index (χ1n) is 7.96. The molecule has 2 amide bonds. The largest absolute Gasteiger partial charge is 0.347 e. The molecule has 2 aromatic heterocycles. The molecule has 0 saturated carbocycles. The number of amides is 2. The lowest BCUT2D eigenvalue weighted by atomic mass is 10.2. The molecule has 0 saturated heterocycles. The van der Waals surface area contributed by atoms with Gasteiger partial charge in [-0.3, -0.25) is 14.3 Å². The van der Waals surface area contributed by atoms with E-state index < -0.39 is 0 Å². The smallest absolute Gasteiger partial charge is 0.259 e. The summed E-state index contributed by atoms with van der Waals surface area (Å²) in [4.78, 5) is 25.9. The third-order valence-electron chi connectivity index (χ3n) is 4.31. The molecule has 0 bridgehead atoms. The fraction of sp³-hybridized carbons (Fsp3) is 0.278. The molecule has 25 heavy (non-hydrogen) atoms. The topological polar surface area (TPSA) is 72.2 Å². The fourth-order valence-electron chi connectivity index (χ4n) is 2.62. The number of hydrogen-bond donors (Lipinski definition) is 1. The predicted octanol–water partition coefficient (Wildman–Crippen LogP) is 2.02. The number of anilines is 1. The van der Waals surface area contributed by atoms with E-state index in [2.05, 4.69) is 10.4 Å². The molecule has 1 N–H and O–H groups in total. The second kappa shape index (κ2) is 6.43. The Kier molecular flexibility index (Phi) is 4.31. The number of rotatable bonds is 4. The number of nitrogens with zero attached hydrogens (tertiary/aromatic N) is 4. The van der Waals surface area contributed by atoms with Crippen LogP contribution in [0.1, 0.15) is 16.1 Å². The van der Waals surface area contributed by atoms with Crippen molar-refractivity contribution in [2.24, 2.45) is 7.05 Å². The van der Waals surface area contributed by atoms with Gasteiger partial charge in [-0.05, 0) is 31.2 Å². The van der Waals surface area contributed by atoms with Crippen LogP contribution < -0.4 is 5.32 Å². The molecular weight excluding hydrogens is 318 g/mol. The predicted molar refractivity (Wildman–Crippen MR) is 96.5 cm³/mol. The number of nitrogens with one attached hydrogen (secondary N) is 1. The summed E-state index contributed by atoms with van der Waals surface area (Å²) in [6.07, 6.45) is 3.44. The van der Waals surface area contributed by atoms with Gasteiger partial charge in [0.15, 0.2) is 0 Å². The van der Waals surface area contributed by atoms with E-state index in [1.807, 2.05) is 42.0 Å². The summed E-state index contributed by atoms with van der Waals surface area (Å²) >= 11 is 0. The molecule has 0 spiro atoms. The molecular formula is C18H21N5O2. The van der Waals surface area contributed by atoms with Gasteiger partial charge in [-0.1, -0.05) is 0 Å². The van der Waals surface area contributed by atoms with E-state index in [1.54, 1.807) is 36.9 Å². The Hall–Kier alpha value is -3.09. The van der Waals surface area contributed by atoms with Crippen LogP contribution in [-0.2, 0) is 18.4 Å². The monoisotopic (exact) mass is 339 g/mol. The van der Waals surface area contributed by atoms with Crippen LogP contribution in [0.5, 0.6) is 0 Å². The zero-order valence-corrected chi connectivity index (χ0v) is 14.8. The normalized spacial score (nSPS) is 10.9. The highest BCUT2D eigenvalue weighted by Gasteiger charge is 2.14. The van der Waals surface area contributed by atoms with Gasteiger partial charge < -0.3 is 14.8 Å². The number of carbonyl (C=O) groups excluding carboxylic acids is 2. The SMILES string of the molecule is Cc1c(C(=O)Nc2ccc3c(ccn3CC(=O)N(C)C)c2)cnn1C. The lowest BCUT2D eigenvalue weighted by Gasteiger charge is -2.12. The summed E-state index contributed by atoms with van der Waals surface area (Å²) < 4.78 is 3.56. The van der Waals surface area contributed by atoms with Gasteiger partial charge in [-0.15, -0.1) is 0 Å². The highest BCUT2D eigenvalue weighted by Crippen LogP contribution is 2.21. The first-order valence-corrected chi connectivity index (χ1v) is 7.96. The second-order valence-corrected chi connectivity index (χ2v) is 6.23. The molecule has 3 aromatic rings. The number of hydrogen-bond acceptors (Lipinski definition) is 3. The lowest BCUT2D eigenvalue weighted by molar-refractivity contribution is -0.129. The number of aromatic nitrogens is 3. The summed E-state index contributed by atoms with van der Waals surface area (Å²) in [5.74, 6) is -0.158. The molecule has 7 nitrogen and oxygen atoms in total. The van der Waals surface area contributed by atoms with E-state index in [0.29, 0.717) is 11.3 Å². The number of carbonyl (C=O) groups is 2. The summed E-state index contributed by atoms with van der Waals surface area (Å²) in [7, 11) is 5.28. The van der Waals surface area contributed by atoms with Crippen molar-refractivity contribution in [1.82, 2.24) is 19.2 Å². The Morgan fingerprint density at radius 2 is 2.00 bits per heavy atom. The molecule has 7 heteroatoms. The third-order valence-corrected chi connectivity index (χ3v) is 4.31. The van der Waals surface area contributed by atoms with Crippen LogP contribution >= 0.6 is 0 Å². The Labute approximate surface area is 145 Å². The number of benzene rings is 1. The molecule has 2 heterocycles. The average Bonchev–Trinajstić information content (AvgIpc) is 3.11. The average molecular weight is 339 g/mol. The van der Waals surface area contributed by atoms with Gasteiger partial charge >= 0.3 is 0 Å². The van der Waals surface area contributed by atoms with E-state index in [1.165, 1.54) is 0 Å². The van der Waals surface area contributed by atoms with Crippen molar-refractivity contribution in [2.75, 3.05) is 19.4 Å². The molecule has 0 unspecified atom stereocenters. The van der Waals surface area contributed by atoms with Crippen LogP contribution in [0.4, 0.5) is 5.69 Å².